The fourth-order valence-electron chi connectivity index (χ4n) is 3.31. The Kier molecular flexibility index (Phi) is 6.16. The summed E-state index contributed by atoms with van der Waals surface area (Å²) in [4.78, 5) is 18.6. The van der Waals surface area contributed by atoms with Crippen LogP contribution in [0.1, 0.15) is 38.4 Å². The Hall–Kier alpha value is -2.12. The summed E-state index contributed by atoms with van der Waals surface area (Å²) in [5.41, 5.74) is -0.315. The molecule has 1 heterocycles. The highest BCUT2D eigenvalue weighted by atomic mass is 16.2. The summed E-state index contributed by atoms with van der Waals surface area (Å²) in [5.74, 6) is 1.74. The molecule has 0 bridgehead atoms. The van der Waals surface area contributed by atoms with Gasteiger partial charge in [0.05, 0.1) is 12.0 Å². The summed E-state index contributed by atoms with van der Waals surface area (Å²) >= 11 is 0. The van der Waals surface area contributed by atoms with Gasteiger partial charge in [-0.2, -0.15) is 0 Å². The number of carbonyl (C=O) groups excluding carboxylic acids is 1. The molecular weight excluding hydrogens is 306 g/mol. The first-order valence-corrected chi connectivity index (χ1v) is 8.55. The predicted molar refractivity (Wildman–Crippen MR) is 93.5 cm³/mol. The topological polar surface area (TPSA) is 87.4 Å². The van der Waals surface area contributed by atoms with Crippen LogP contribution in [0.2, 0.25) is 0 Å². The smallest absolute Gasteiger partial charge is 0.230 e. The molecular formula is C16H29N7O. The molecule has 1 fully saturated rings. The van der Waals surface area contributed by atoms with Gasteiger partial charge in [0.15, 0.2) is 11.8 Å². The second kappa shape index (κ2) is 8.12. The number of nitrogens with zero attached hydrogens (tertiary/aromatic N) is 5. The van der Waals surface area contributed by atoms with Crippen molar-refractivity contribution in [1.82, 2.24) is 30.3 Å². The van der Waals surface area contributed by atoms with Crippen LogP contribution in [0.3, 0.4) is 0 Å². The van der Waals surface area contributed by atoms with Crippen LogP contribution in [0.15, 0.2) is 11.3 Å². The summed E-state index contributed by atoms with van der Waals surface area (Å²) in [5, 5.41) is 14.6. The minimum absolute atomic E-state index is 0.202. The zero-order valence-corrected chi connectivity index (χ0v) is 15.2. The standard InChI is InChI=1S/C16H29N7O/c1-5-23-12-20-21-13(23)10-18-15(17-2)19-11-16(8-6-7-9-16)14(24)22(3)4/h12H,5-11H2,1-4H3,(H2,17,18,19). The predicted octanol–water partition coefficient (Wildman–Crippen LogP) is 0.612. The molecule has 1 aromatic rings. The van der Waals surface area contributed by atoms with E-state index in [4.69, 9.17) is 0 Å². The normalized spacial score (nSPS) is 16.9. The fourth-order valence-corrected chi connectivity index (χ4v) is 3.31. The van der Waals surface area contributed by atoms with E-state index in [1.807, 2.05) is 18.7 Å². The molecule has 24 heavy (non-hydrogen) atoms. The lowest BCUT2D eigenvalue weighted by molar-refractivity contribution is -0.138. The maximum atomic E-state index is 12.6. The molecule has 0 aliphatic heterocycles. The Morgan fingerprint density at radius 3 is 2.67 bits per heavy atom. The van der Waals surface area contributed by atoms with Crippen molar-refractivity contribution in [3.05, 3.63) is 12.2 Å². The molecule has 0 unspecified atom stereocenters. The molecule has 0 radical (unpaired) electrons. The second-order valence-corrected chi connectivity index (χ2v) is 6.50. The second-order valence-electron chi connectivity index (χ2n) is 6.50. The zero-order chi connectivity index (χ0) is 17.6. The van der Waals surface area contributed by atoms with Crippen LogP contribution in [0.5, 0.6) is 0 Å². The first kappa shape index (κ1) is 18.2. The molecule has 1 aliphatic rings. The molecule has 0 spiro atoms. The third-order valence-electron chi connectivity index (χ3n) is 4.69. The molecule has 1 saturated carbocycles. The van der Waals surface area contributed by atoms with E-state index >= 15 is 0 Å². The van der Waals surface area contributed by atoms with Crippen molar-refractivity contribution in [2.75, 3.05) is 27.7 Å². The monoisotopic (exact) mass is 335 g/mol. The molecule has 8 heteroatoms. The number of hydrogen-bond donors (Lipinski definition) is 2. The van der Waals surface area contributed by atoms with E-state index in [-0.39, 0.29) is 11.3 Å². The SMILES string of the molecule is CCn1cnnc1CNC(=NC)NCC1(C(=O)N(C)C)CCCC1. The van der Waals surface area contributed by atoms with Crippen molar-refractivity contribution in [3.8, 4) is 0 Å². The lowest BCUT2D eigenvalue weighted by Gasteiger charge is -2.31. The maximum Gasteiger partial charge on any atom is 0.230 e. The highest BCUT2D eigenvalue weighted by molar-refractivity contribution is 5.85. The van der Waals surface area contributed by atoms with Crippen molar-refractivity contribution in [2.45, 2.75) is 45.7 Å². The molecule has 2 rings (SSSR count). The van der Waals surface area contributed by atoms with Crippen molar-refractivity contribution in [2.24, 2.45) is 10.4 Å². The maximum absolute atomic E-state index is 12.6. The van der Waals surface area contributed by atoms with Crippen molar-refractivity contribution in [3.63, 3.8) is 0 Å². The van der Waals surface area contributed by atoms with E-state index < -0.39 is 0 Å². The summed E-state index contributed by atoms with van der Waals surface area (Å²) in [6, 6.07) is 0. The third kappa shape index (κ3) is 4.04. The first-order chi connectivity index (χ1) is 11.5. The van der Waals surface area contributed by atoms with Crippen LogP contribution < -0.4 is 10.6 Å². The molecule has 1 aromatic heterocycles. The minimum Gasteiger partial charge on any atom is -0.355 e. The molecule has 0 atom stereocenters. The van der Waals surface area contributed by atoms with Gasteiger partial charge >= 0.3 is 0 Å². The lowest BCUT2D eigenvalue weighted by atomic mass is 9.84. The van der Waals surface area contributed by atoms with Crippen molar-refractivity contribution < 1.29 is 4.79 Å². The average molecular weight is 335 g/mol. The van der Waals surface area contributed by atoms with E-state index in [1.165, 1.54) is 0 Å². The molecule has 1 amide bonds. The Balaban J connectivity index is 1.94. The van der Waals surface area contributed by atoms with Crippen LogP contribution in [-0.2, 0) is 17.9 Å². The Morgan fingerprint density at radius 2 is 2.08 bits per heavy atom. The fraction of sp³-hybridized carbons (Fsp3) is 0.750. The third-order valence-corrected chi connectivity index (χ3v) is 4.69. The summed E-state index contributed by atoms with van der Waals surface area (Å²) in [6.45, 7) is 4.03. The van der Waals surface area contributed by atoms with Crippen LogP contribution in [0, 0.1) is 5.41 Å². The number of guanidine groups is 1. The van der Waals surface area contributed by atoms with Gasteiger partial charge in [0.2, 0.25) is 5.91 Å². The van der Waals surface area contributed by atoms with Gasteiger partial charge in [-0.25, -0.2) is 0 Å². The largest absolute Gasteiger partial charge is 0.355 e. The van der Waals surface area contributed by atoms with Crippen LogP contribution >= 0.6 is 0 Å². The number of nitrogens with one attached hydrogen (secondary N) is 2. The lowest BCUT2D eigenvalue weighted by Crippen LogP contribution is -2.49. The zero-order valence-electron chi connectivity index (χ0n) is 15.2. The number of amides is 1. The average Bonchev–Trinajstić information content (AvgIpc) is 3.23. The minimum atomic E-state index is -0.315. The van der Waals surface area contributed by atoms with Crippen molar-refractivity contribution in [1.29, 1.82) is 0 Å². The van der Waals surface area contributed by atoms with E-state index in [1.54, 1.807) is 18.3 Å². The van der Waals surface area contributed by atoms with E-state index in [2.05, 4.69) is 32.7 Å². The van der Waals surface area contributed by atoms with E-state index in [0.29, 0.717) is 19.0 Å². The van der Waals surface area contributed by atoms with Gasteiger partial charge in [-0.3, -0.25) is 9.79 Å². The van der Waals surface area contributed by atoms with Gasteiger partial charge in [0.25, 0.3) is 0 Å². The number of aryl methyl sites for hydroxylation is 1. The Morgan fingerprint density at radius 1 is 1.38 bits per heavy atom. The number of aliphatic imine (C=N–C) groups is 1. The van der Waals surface area contributed by atoms with E-state index in [0.717, 1.165) is 38.1 Å². The summed E-state index contributed by atoms with van der Waals surface area (Å²) in [6.07, 6.45) is 5.78. The molecule has 0 aromatic carbocycles. The van der Waals surface area contributed by atoms with Gasteiger partial charge in [-0.1, -0.05) is 12.8 Å². The molecule has 8 nitrogen and oxygen atoms in total. The van der Waals surface area contributed by atoms with Crippen LogP contribution in [-0.4, -0.2) is 59.2 Å². The molecule has 134 valence electrons. The Labute approximate surface area is 143 Å². The van der Waals surface area contributed by atoms with Gasteiger partial charge < -0.3 is 20.1 Å². The van der Waals surface area contributed by atoms with Crippen molar-refractivity contribution >= 4 is 11.9 Å². The van der Waals surface area contributed by atoms with Crippen LogP contribution in [0.25, 0.3) is 0 Å². The summed E-state index contributed by atoms with van der Waals surface area (Å²) < 4.78 is 1.98. The number of aromatic nitrogens is 3. The molecule has 0 saturated heterocycles. The number of rotatable bonds is 6. The molecule has 1 aliphatic carbocycles. The van der Waals surface area contributed by atoms with Gasteiger partial charge in [-0.05, 0) is 19.8 Å². The van der Waals surface area contributed by atoms with E-state index in [9.17, 15) is 4.79 Å². The summed E-state index contributed by atoms with van der Waals surface area (Å²) in [7, 11) is 5.38. The number of hydrogen-bond acceptors (Lipinski definition) is 4. The Bertz CT molecular complexity index is 573. The quantitative estimate of drug-likeness (QED) is 0.587. The highest BCUT2D eigenvalue weighted by Crippen LogP contribution is 2.38. The first-order valence-electron chi connectivity index (χ1n) is 8.55. The molecule has 2 N–H and O–H groups in total. The van der Waals surface area contributed by atoms with Crippen LogP contribution in [0.4, 0.5) is 0 Å². The highest BCUT2D eigenvalue weighted by Gasteiger charge is 2.42. The number of carbonyl (C=O) groups is 1. The van der Waals surface area contributed by atoms with Gasteiger partial charge in [-0.15, -0.1) is 10.2 Å². The van der Waals surface area contributed by atoms with Gasteiger partial charge in [0.1, 0.15) is 6.33 Å². The van der Waals surface area contributed by atoms with Gasteiger partial charge in [0, 0.05) is 34.2 Å².